The first-order valence-corrected chi connectivity index (χ1v) is 6.12. The van der Waals surface area contributed by atoms with Crippen molar-refractivity contribution in [1.82, 2.24) is 4.98 Å². The first kappa shape index (κ1) is 12.8. The number of rotatable bonds is 4. The molecule has 1 aliphatic carbocycles. The van der Waals surface area contributed by atoms with Crippen molar-refractivity contribution in [2.45, 2.75) is 38.4 Å². The van der Waals surface area contributed by atoms with Crippen molar-refractivity contribution < 1.29 is 14.7 Å². The average Bonchev–Trinajstić information content (AvgIpc) is 2.46. The van der Waals surface area contributed by atoms with Crippen LogP contribution in [0.3, 0.4) is 0 Å². The summed E-state index contributed by atoms with van der Waals surface area (Å²) in [6.07, 6.45) is 5.36. The summed E-state index contributed by atoms with van der Waals surface area (Å²) in [5.41, 5.74) is 1.83. The van der Waals surface area contributed by atoms with E-state index in [1.165, 1.54) is 0 Å². The molecule has 0 atom stereocenters. The van der Waals surface area contributed by atoms with Crippen molar-refractivity contribution in [1.29, 1.82) is 0 Å². The first-order valence-electron chi connectivity index (χ1n) is 6.12. The third-order valence-electron chi connectivity index (χ3n) is 3.17. The van der Waals surface area contributed by atoms with Gasteiger partial charge in [-0.15, -0.1) is 0 Å². The Morgan fingerprint density at radius 1 is 1.44 bits per heavy atom. The predicted molar refractivity (Wildman–Crippen MR) is 67.1 cm³/mol. The molecule has 0 bridgehead atoms. The van der Waals surface area contributed by atoms with Crippen molar-refractivity contribution in [2.24, 2.45) is 5.16 Å². The maximum absolute atomic E-state index is 8.68. The van der Waals surface area contributed by atoms with Gasteiger partial charge in [-0.2, -0.15) is 0 Å². The van der Waals surface area contributed by atoms with Gasteiger partial charge < -0.3 is 14.7 Å². The number of pyridine rings is 1. The molecule has 1 N–H and O–H groups in total. The highest BCUT2D eigenvalue weighted by atomic mass is 16.5. The summed E-state index contributed by atoms with van der Waals surface area (Å²) in [5, 5.41) is 11.9. The van der Waals surface area contributed by atoms with E-state index in [4.69, 9.17) is 14.7 Å². The zero-order valence-electron chi connectivity index (χ0n) is 10.5. The minimum atomic E-state index is 0.223. The van der Waals surface area contributed by atoms with Gasteiger partial charge in [0.05, 0.1) is 25.5 Å². The highest BCUT2D eigenvalue weighted by molar-refractivity contribution is 5.84. The summed E-state index contributed by atoms with van der Waals surface area (Å²) >= 11 is 0. The Bertz CT molecular complexity index is 410. The lowest BCUT2D eigenvalue weighted by Crippen LogP contribution is -2.21. The standard InChI is InChI=1S/C13H18N2O3/c1-17-13-10(3-2-8-14-13)9-18-12-6-4-11(15-16)5-7-12/h2-3,8,12,16H,4-7,9H2,1H3. The van der Waals surface area contributed by atoms with E-state index in [1.54, 1.807) is 13.3 Å². The lowest BCUT2D eigenvalue weighted by atomic mass is 9.96. The Hall–Kier alpha value is -1.62. The van der Waals surface area contributed by atoms with Gasteiger partial charge in [-0.25, -0.2) is 4.98 Å². The SMILES string of the molecule is COc1ncccc1COC1CCC(=NO)CC1. The van der Waals surface area contributed by atoms with E-state index < -0.39 is 0 Å². The third kappa shape index (κ3) is 3.20. The molecule has 0 radical (unpaired) electrons. The van der Waals surface area contributed by atoms with Crippen LogP contribution in [0.25, 0.3) is 0 Å². The van der Waals surface area contributed by atoms with Crippen molar-refractivity contribution in [3.63, 3.8) is 0 Å². The average molecular weight is 250 g/mol. The van der Waals surface area contributed by atoms with Gasteiger partial charge in [0.2, 0.25) is 5.88 Å². The quantitative estimate of drug-likeness (QED) is 0.658. The molecule has 0 saturated heterocycles. The van der Waals surface area contributed by atoms with Gasteiger partial charge in [0.25, 0.3) is 0 Å². The van der Waals surface area contributed by atoms with Crippen LogP contribution < -0.4 is 4.74 Å². The second-order valence-corrected chi connectivity index (χ2v) is 4.35. The molecule has 1 fully saturated rings. The smallest absolute Gasteiger partial charge is 0.218 e. The van der Waals surface area contributed by atoms with E-state index in [0.717, 1.165) is 37.0 Å². The molecular formula is C13H18N2O3. The lowest BCUT2D eigenvalue weighted by molar-refractivity contribution is 0.0265. The van der Waals surface area contributed by atoms with E-state index in [1.807, 2.05) is 12.1 Å². The zero-order chi connectivity index (χ0) is 12.8. The van der Waals surface area contributed by atoms with Crippen LogP contribution in [0.4, 0.5) is 0 Å². The molecule has 1 aromatic rings. The number of aromatic nitrogens is 1. The Morgan fingerprint density at radius 3 is 2.89 bits per heavy atom. The van der Waals surface area contributed by atoms with Gasteiger partial charge in [0, 0.05) is 11.8 Å². The number of hydrogen-bond acceptors (Lipinski definition) is 5. The van der Waals surface area contributed by atoms with Gasteiger partial charge in [-0.05, 0) is 37.8 Å². The summed E-state index contributed by atoms with van der Waals surface area (Å²) in [6, 6.07) is 3.83. The van der Waals surface area contributed by atoms with Crippen molar-refractivity contribution in [3.8, 4) is 5.88 Å². The fourth-order valence-electron chi connectivity index (χ4n) is 2.12. The molecule has 5 nitrogen and oxygen atoms in total. The normalized spacial score (nSPS) is 19.6. The monoisotopic (exact) mass is 250 g/mol. The summed E-state index contributed by atoms with van der Waals surface area (Å²) in [7, 11) is 1.61. The first-order chi connectivity index (χ1) is 8.83. The summed E-state index contributed by atoms with van der Waals surface area (Å²) < 4.78 is 11.0. The topological polar surface area (TPSA) is 63.9 Å². The van der Waals surface area contributed by atoms with Crippen LogP contribution in [0.15, 0.2) is 23.5 Å². The maximum atomic E-state index is 8.68. The molecule has 2 rings (SSSR count). The van der Waals surface area contributed by atoms with Gasteiger partial charge >= 0.3 is 0 Å². The molecule has 5 heteroatoms. The lowest BCUT2D eigenvalue weighted by Gasteiger charge is -2.22. The molecule has 0 aromatic carbocycles. The largest absolute Gasteiger partial charge is 0.481 e. The van der Waals surface area contributed by atoms with Crippen LogP contribution in [0, 0.1) is 0 Å². The Morgan fingerprint density at radius 2 is 2.22 bits per heavy atom. The molecule has 0 unspecified atom stereocenters. The number of methoxy groups -OCH3 is 1. The number of nitrogens with zero attached hydrogens (tertiary/aromatic N) is 2. The molecule has 0 spiro atoms. The minimum absolute atomic E-state index is 0.223. The molecule has 1 aromatic heterocycles. The summed E-state index contributed by atoms with van der Waals surface area (Å²) in [6.45, 7) is 0.507. The second kappa shape index (κ2) is 6.35. The van der Waals surface area contributed by atoms with Crippen molar-refractivity contribution in [2.75, 3.05) is 7.11 Å². The van der Waals surface area contributed by atoms with E-state index in [2.05, 4.69) is 10.1 Å². The van der Waals surface area contributed by atoms with Crippen LogP contribution in [0.1, 0.15) is 31.2 Å². The van der Waals surface area contributed by atoms with Gasteiger partial charge in [0.1, 0.15) is 0 Å². The second-order valence-electron chi connectivity index (χ2n) is 4.35. The predicted octanol–water partition coefficient (Wildman–Crippen LogP) is 2.38. The van der Waals surface area contributed by atoms with Crippen LogP contribution in [0.2, 0.25) is 0 Å². The van der Waals surface area contributed by atoms with Crippen molar-refractivity contribution >= 4 is 5.71 Å². The molecule has 18 heavy (non-hydrogen) atoms. The fraction of sp³-hybridized carbons (Fsp3) is 0.538. The maximum Gasteiger partial charge on any atom is 0.218 e. The molecule has 0 amide bonds. The van der Waals surface area contributed by atoms with Gasteiger partial charge in [0.15, 0.2) is 0 Å². The summed E-state index contributed by atoms with van der Waals surface area (Å²) in [5.74, 6) is 0.617. The van der Waals surface area contributed by atoms with E-state index >= 15 is 0 Å². The highest BCUT2D eigenvalue weighted by Crippen LogP contribution is 2.22. The van der Waals surface area contributed by atoms with E-state index in [0.29, 0.717) is 12.5 Å². The Labute approximate surface area is 106 Å². The third-order valence-corrected chi connectivity index (χ3v) is 3.17. The molecular weight excluding hydrogens is 232 g/mol. The van der Waals surface area contributed by atoms with Gasteiger partial charge in [-0.1, -0.05) is 5.16 Å². The fourth-order valence-corrected chi connectivity index (χ4v) is 2.12. The summed E-state index contributed by atoms with van der Waals surface area (Å²) in [4.78, 5) is 4.13. The number of hydrogen-bond donors (Lipinski definition) is 1. The number of oxime groups is 1. The van der Waals surface area contributed by atoms with Crippen LogP contribution in [0.5, 0.6) is 5.88 Å². The minimum Gasteiger partial charge on any atom is -0.481 e. The molecule has 0 aliphatic heterocycles. The number of ether oxygens (including phenoxy) is 2. The van der Waals surface area contributed by atoms with Crippen molar-refractivity contribution in [3.05, 3.63) is 23.9 Å². The van der Waals surface area contributed by atoms with E-state index in [-0.39, 0.29) is 6.10 Å². The molecule has 1 heterocycles. The van der Waals surface area contributed by atoms with E-state index in [9.17, 15) is 0 Å². The van der Waals surface area contributed by atoms with Crippen LogP contribution >= 0.6 is 0 Å². The Balaban J connectivity index is 1.85. The molecule has 98 valence electrons. The zero-order valence-corrected chi connectivity index (χ0v) is 10.5. The highest BCUT2D eigenvalue weighted by Gasteiger charge is 2.19. The van der Waals surface area contributed by atoms with Crippen LogP contribution in [-0.4, -0.2) is 29.1 Å². The molecule has 1 saturated carbocycles. The Kier molecular flexibility index (Phi) is 4.52. The molecule has 1 aliphatic rings. The van der Waals surface area contributed by atoms with Gasteiger partial charge in [-0.3, -0.25) is 0 Å². The van der Waals surface area contributed by atoms with Crippen LogP contribution in [-0.2, 0) is 11.3 Å².